The molecule has 5 heteroatoms. The topological polar surface area (TPSA) is 75.6 Å². The lowest BCUT2D eigenvalue weighted by Gasteiger charge is -2.19. The highest BCUT2D eigenvalue weighted by Crippen LogP contribution is 2.13. The van der Waals surface area contributed by atoms with Gasteiger partial charge < -0.3 is 15.2 Å². The molecule has 1 rings (SSSR count). The fraction of sp³-hybridized carbons (Fsp3) is 0.467. The van der Waals surface area contributed by atoms with Gasteiger partial charge in [-0.1, -0.05) is 24.3 Å². The lowest BCUT2D eigenvalue weighted by atomic mass is 9.94. The molecule has 0 atom stereocenters. The van der Waals surface area contributed by atoms with E-state index in [2.05, 4.69) is 5.32 Å². The summed E-state index contributed by atoms with van der Waals surface area (Å²) in [7, 11) is 1.62. The lowest BCUT2D eigenvalue weighted by Crippen LogP contribution is -2.39. The zero-order valence-corrected chi connectivity index (χ0v) is 12.1. The first-order chi connectivity index (χ1) is 9.35. The van der Waals surface area contributed by atoms with Crippen molar-refractivity contribution in [3.8, 4) is 0 Å². The van der Waals surface area contributed by atoms with Gasteiger partial charge in [-0.25, -0.2) is 0 Å². The minimum atomic E-state index is -0.965. The van der Waals surface area contributed by atoms with Crippen LogP contribution in [0.1, 0.15) is 25.0 Å². The van der Waals surface area contributed by atoms with Crippen LogP contribution in [0.4, 0.5) is 0 Å². The molecule has 0 radical (unpaired) electrons. The quantitative estimate of drug-likeness (QED) is 0.795. The van der Waals surface area contributed by atoms with Crippen molar-refractivity contribution >= 4 is 11.9 Å². The monoisotopic (exact) mass is 279 g/mol. The maximum Gasteiger partial charge on any atom is 0.310 e. The molecular weight excluding hydrogens is 258 g/mol. The maximum absolute atomic E-state index is 11.8. The number of carbonyl (C=O) groups is 2. The SMILES string of the molecule is COCc1cccc(CC(=O)NCC(C)(C)C(=O)O)c1. The third kappa shape index (κ3) is 5.01. The van der Waals surface area contributed by atoms with Crippen molar-refractivity contribution in [1.82, 2.24) is 5.32 Å². The van der Waals surface area contributed by atoms with Gasteiger partial charge in [-0.15, -0.1) is 0 Å². The zero-order valence-electron chi connectivity index (χ0n) is 12.1. The number of aliphatic carboxylic acids is 1. The molecule has 0 heterocycles. The molecular formula is C15H21NO4. The van der Waals surface area contributed by atoms with Gasteiger partial charge in [0.25, 0.3) is 0 Å². The molecule has 20 heavy (non-hydrogen) atoms. The Labute approximate surface area is 118 Å². The molecule has 2 N–H and O–H groups in total. The number of carbonyl (C=O) groups excluding carboxylic acids is 1. The highest BCUT2D eigenvalue weighted by Gasteiger charge is 2.27. The predicted octanol–water partition coefficient (Wildman–Crippen LogP) is 1.60. The molecule has 1 aromatic rings. The molecule has 0 aromatic heterocycles. The van der Waals surface area contributed by atoms with E-state index in [0.29, 0.717) is 6.61 Å². The fourth-order valence-electron chi connectivity index (χ4n) is 1.64. The second-order valence-electron chi connectivity index (χ2n) is 5.40. The Bertz CT molecular complexity index is 483. The van der Waals surface area contributed by atoms with Crippen LogP contribution >= 0.6 is 0 Å². The number of rotatable bonds is 7. The summed E-state index contributed by atoms with van der Waals surface area (Å²) in [5, 5.41) is 11.6. The Morgan fingerprint density at radius 3 is 2.55 bits per heavy atom. The van der Waals surface area contributed by atoms with Gasteiger partial charge in [-0.3, -0.25) is 9.59 Å². The van der Waals surface area contributed by atoms with Crippen LogP contribution in [0.3, 0.4) is 0 Å². The number of carboxylic acids is 1. The predicted molar refractivity (Wildman–Crippen MR) is 75.3 cm³/mol. The van der Waals surface area contributed by atoms with Gasteiger partial charge in [0.05, 0.1) is 18.4 Å². The Hall–Kier alpha value is -1.88. The van der Waals surface area contributed by atoms with Crippen LogP contribution in [-0.4, -0.2) is 30.6 Å². The molecule has 0 fully saturated rings. The summed E-state index contributed by atoms with van der Waals surface area (Å²) in [6.07, 6.45) is 0.229. The molecule has 0 aliphatic carbocycles. The third-order valence-electron chi connectivity index (χ3n) is 2.97. The van der Waals surface area contributed by atoms with Crippen LogP contribution in [0.5, 0.6) is 0 Å². The summed E-state index contributed by atoms with van der Waals surface area (Å²) in [4.78, 5) is 22.8. The van der Waals surface area contributed by atoms with Gasteiger partial charge in [0, 0.05) is 13.7 Å². The number of methoxy groups -OCH3 is 1. The van der Waals surface area contributed by atoms with Crippen LogP contribution in [0, 0.1) is 5.41 Å². The van der Waals surface area contributed by atoms with Gasteiger partial charge in [0.2, 0.25) is 5.91 Å². The van der Waals surface area contributed by atoms with E-state index in [-0.39, 0.29) is 18.9 Å². The minimum absolute atomic E-state index is 0.110. The number of ether oxygens (including phenoxy) is 1. The Morgan fingerprint density at radius 2 is 1.95 bits per heavy atom. The van der Waals surface area contributed by atoms with E-state index in [1.54, 1.807) is 21.0 Å². The van der Waals surface area contributed by atoms with Crippen LogP contribution in [-0.2, 0) is 27.4 Å². The molecule has 0 spiro atoms. The van der Waals surface area contributed by atoms with E-state index in [4.69, 9.17) is 9.84 Å². The molecule has 1 aromatic carbocycles. The van der Waals surface area contributed by atoms with Crippen molar-refractivity contribution in [3.63, 3.8) is 0 Å². The smallest absolute Gasteiger partial charge is 0.310 e. The number of nitrogens with one attached hydrogen (secondary N) is 1. The second-order valence-corrected chi connectivity index (χ2v) is 5.40. The highest BCUT2D eigenvalue weighted by molar-refractivity contribution is 5.80. The molecule has 110 valence electrons. The molecule has 1 amide bonds. The van der Waals surface area contributed by atoms with E-state index >= 15 is 0 Å². The van der Waals surface area contributed by atoms with Crippen molar-refractivity contribution in [2.24, 2.45) is 5.41 Å². The number of amides is 1. The van der Waals surface area contributed by atoms with Gasteiger partial charge in [0.1, 0.15) is 0 Å². The molecule has 0 unspecified atom stereocenters. The maximum atomic E-state index is 11.8. The Kier molecular flexibility index (Phi) is 5.70. The Balaban J connectivity index is 2.54. The van der Waals surface area contributed by atoms with E-state index in [0.717, 1.165) is 11.1 Å². The number of hydrogen-bond acceptors (Lipinski definition) is 3. The highest BCUT2D eigenvalue weighted by atomic mass is 16.5. The standard InChI is InChI=1S/C15H21NO4/c1-15(2,14(18)19)10-16-13(17)8-11-5-4-6-12(7-11)9-20-3/h4-7H,8-10H2,1-3H3,(H,16,17)(H,18,19). The largest absolute Gasteiger partial charge is 0.481 e. The van der Waals surface area contributed by atoms with E-state index in [1.165, 1.54) is 0 Å². The molecule has 5 nitrogen and oxygen atoms in total. The third-order valence-corrected chi connectivity index (χ3v) is 2.97. The average Bonchev–Trinajstić information content (AvgIpc) is 2.37. The minimum Gasteiger partial charge on any atom is -0.481 e. The van der Waals surface area contributed by atoms with E-state index in [1.807, 2.05) is 24.3 Å². The van der Waals surface area contributed by atoms with E-state index < -0.39 is 11.4 Å². The summed E-state index contributed by atoms with van der Waals surface area (Å²) in [6.45, 7) is 3.77. The van der Waals surface area contributed by atoms with Gasteiger partial charge >= 0.3 is 5.97 Å². The van der Waals surface area contributed by atoms with Crippen molar-refractivity contribution < 1.29 is 19.4 Å². The van der Waals surface area contributed by atoms with Gasteiger partial charge in [0.15, 0.2) is 0 Å². The van der Waals surface area contributed by atoms with Crippen molar-refractivity contribution in [1.29, 1.82) is 0 Å². The summed E-state index contributed by atoms with van der Waals surface area (Å²) in [6, 6.07) is 7.57. The van der Waals surface area contributed by atoms with Gasteiger partial charge in [-0.2, -0.15) is 0 Å². The van der Waals surface area contributed by atoms with Crippen LogP contribution < -0.4 is 5.32 Å². The number of hydrogen-bond donors (Lipinski definition) is 2. The average molecular weight is 279 g/mol. The lowest BCUT2D eigenvalue weighted by molar-refractivity contribution is -0.146. The first-order valence-corrected chi connectivity index (χ1v) is 6.42. The number of carboxylic acid groups (broad SMARTS) is 1. The summed E-state index contributed by atoms with van der Waals surface area (Å²) >= 11 is 0. The molecule has 0 aliphatic heterocycles. The first kappa shape index (κ1) is 16.2. The normalized spacial score (nSPS) is 11.2. The molecule has 0 saturated carbocycles. The molecule has 0 saturated heterocycles. The summed E-state index contributed by atoms with van der Waals surface area (Å²) in [5.74, 6) is -1.12. The fourth-order valence-corrected chi connectivity index (χ4v) is 1.64. The van der Waals surface area contributed by atoms with Crippen molar-refractivity contribution in [2.45, 2.75) is 26.9 Å². The van der Waals surface area contributed by atoms with Gasteiger partial charge in [-0.05, 0) is 25.0 Å². The molecule has 0 bridgehead atoms. The van der Waals surface area contributed by atoms with E-state index in [9.17, 15) is 9.59 Å². The van der Waals surface area contributed by atoms with Crippen LogP contribution in [0.15, 0.2) is 24.3 Å². The molecule has 0 aliphatic rings. The van der Waals surface area contributed by atoms with Crippen molar-refractivity contribution in [2.75, 3.05) is 13.7 Å². The Morgan fingerprint density at radius 1 is 1.30 bits per heavy atom. The van der Waals surface area contributed by atoms with Crippen LogP contribution in [0.2, 0.25) is 0 Å². The second kappa shape index (κ2) is 7.05. The number of benzene rings is 1. The van der Waals surface area contributed by atoms with Crippen LogP contribution in [0.25, 0.3) is 0 Å². The first-order valence-electron chi connectivity index (χ1n) is 6.42. The van der Waals surface area contributed by atoms with Crippen molar-refractivity contribution in [3.05, 3.63) is 35.4 Å². The summed E-state index contributed by atoms with van der Waals surface area (Å²) < 4.78 is 5.04. The summed E-state index contributed by atoms with van der Waals surface area (Å²) in [5.41, 5.74) is 0.918. The zero-order chi connectivity index (χ0) is 15.2.